The second-order valence-corrected chi connectivity index (χ2v) is 4.26. The van der Waals surface area contributed by atoms with Gasteiger partial charge in [0.15, 0.2) is 0 Å². The highest BCUT2D eigenvalue weighted by Crippen LogP contribution is 1.99. The standard InChI is InChI=1S/C11H26N2/c1-6-7-8-10(2)12-9-11(3)13(4)5/h10-12H,6-9H2,1-5H3. The Bertz CT molecular complexity index is 113. The molecule has 2 atom stereocenters. The normalized spacial score (nSPS) is 16.2. The molecule has 2 unspecified atom stereocenters. The molecule has 0 aromatic carbocycles. The molecule has 2 heteroatoms. The number of nitrogens with one attached hydrogen (secondary N) is 1. The molecule has 0 aliphatic rings. The topological polar surface area (TPSA) is 15.3 Å². The third-order valence-corrected chi connectivity index (χ3v) is 2.63. The van der Waals surface area contributed by atoms with E-state index in [4.69, 9.17) is 0 Å². The van der Waals surface area contributed by atoms with Crippen LogP contribution in [0.3, 0.4) is 0 Å². The van der Waals surface area contributed by atoms with Crippen LogP contribution in [0.15, 0.2) is 0 Å². The summed E-state index contributed by atoms with van der Waals surface area (Å²) in [6.45, 7) is 7.87. The molecule has 0 heterocycles. The Hall–Kier alpha value is -0.0800. The van der Waals surface area contributed by atoms with Gasteiger partial charge in [-0.3, -0.25) is 0 Å². The molecular weight excluding hydrogens is 160 g/mol. The summed E-state index contributed by atoms with van der Waals surface area (Å²) < 4.78 is 0. The third-order valence-electron chi connectivity index (χ3n) is 2.63. The lowest BCUT2D eigenvalue weighted by atomic mass is 10.1. The van der Waals surface area contributed by atoms with Gasteiger partial charge in [-0.15, -0.1) is 0 Å². The van der Waals surface area contributed by atoms with Crippen LogP contribution >= 0.6 is 0 Å². The van der Waals surface area contributed by atoms with Crippen molar-refractivity contribution >= 4 is 0 Å². The number of hydrogen-bond donors (Lipinski definition) is 1. The van der Waals surface area contributed by atoms with Crippen LogP contribution in [0.25, 0.3) is 0 Å². The first kappa shape index (κ1) is 12.9. The predicted octanol–water partition coefficient (Wildman–Crippen LogP) is 2.10. The Morgan fingerprint density at radius 1 is 1.23 bits per heavy atom. The Morgan fingerprint density at radius 2 is 1.85 bits per heavy atom. The first-order valence-electron chi connectivity index (χ1n) is 5.47. The summed E-state index contributed by atoms with van der Waals surface area (Å²) in [7, 11) is 4.26. The Morgan fingerprint density at radius 3 is 2.31 bits per heavy atom. The minimum absolute atomic E-state index is 0.629. The van der Waals surface area contributed by atoms with Gasteiger partial charge in [0.05, 0.1) is 0 Å². The van der Waals surface area contributed by atoms with Crippen LogP contribution in [0.1, 0.15) is 40.0 Å². The summed E-state index contributed by atoms with van der Waals surface area (Å²) in [5.41, 5.74) is 0. The van der Waals surface area contributed by atoms with Crippen LogP contribution < -0.4 is 5.32 Å². The highest BCUT2D eigenvalue weighted by atomic mass is 15.1. The molecule has 0 bridgehead atoms. The summed E-state index contributed by atoms with van der Waals surface area (Å²) in [6, 6.07) is 1.30. The summed E-state index contributed by atoms with van der Waals surface area (Å²) >= 11 is 0. The second kappa shape index (κ2) is 7.34. The first-order chi connectivity index (χ1) is 6.07. The zero-order valence-corrected chi connectivity index (χ0v) is 9.93. The van der Waals surface area contributed by atoms with Crippen LogP contribution in [0.2, 0.25) is 0 Å². The molecule has 0 spiro atoms. The summed E-state index contributed by atoms with van der Waals surface area (Å²) in [6.07, 6.45) is 3.94. The Labute approximate surface area is 83.7 Å². The van der Waals surface area contributed by atoms with E-state index < -0.39 is 0 Å². The zero-order valence-electron chi connectivity index (χ0n) is 9.93. The van der Waals surface area contributed by atoms with Crippen LogP contribution in [-0.2, 0) is 0 Å². The highest BCUT2D eigenvalue weighted by molar-refractivity contribution is 4.67. The fourth-order valence-electron chi connectivity index (χ4n) is 1.17. The van der Waals surface area contributed by atoms with Gasteiger partial charge in [-0.2, -0.15) is 0 Å². The Balaban J connectivity index is 3.40. The van der Waals surface area contributed by atoms with Crippen LogP contribution in [-0.4, -0.2) is 37.6 Å². The summed E-state index contributed by atoms with van der Waals surface area (Å²) in [5, 5.41) is 3.56. The number of unbranched alkanes of at least 4 members (excludes halogenated alkanes) is 1. The first-order valence-corrected chi connectivity index (χ1v) is 5.47. The van der Waals surface area contributed by atoms with Gasteiger partial charge in [0.1, 0.15) is 0 Å². The minimum atomic E-state index is 0.629. The van der Waals surface area contributed by atoms with Crippen molar-refractivity contribution in [2.75, 3.05) is 20.6 Å². The van der Waals surface area contributed by atoms with Crippen molar-refractivity contribution in [3.63, 3.8) is 0 Å². The molecule has 1 N–H and O–H groups in total. The molecular formula is C11H26N2. The molecule has 0 aliphatic carbocycles. The third kappa shape index (κ3) is 7.03. The fraction of sp³-hybridized carbons (Fsp3) is 1.00. The van der Waals surface area contributed by atoms with Crippen LogP contribution in [0.5, 0.6) is 0 Å². The van der Waals surface area contributed by atoms with E-state index in [0.29, 0.717) is 12.1 Å². The SMILES string of the molecule is CCCCC(C)NCC(C)N(C)C. The van der Waals surface area contributed by atoms with E-state index in [1.54, 1.807) is 0 Å². The molecule has 0 radical (unpaired) electrons. The maximum atomic E-state index is 3.56. The maximum Gasteiger partial charge on any atom is 0.0186 e. The zero-order chi connectivity index (χ0) is 10.3. The van der Waals surface area contributed by atoms with Gasteiger partial charge in [-0.05, 0) is 34.4 Å². The van der Waals surface area contributed by atoms with Gasteiger partial charge in [-0.1, -0.05) is 19.8 Å². The molecule has 2 nitrogen and oxygen atoms in total. The van der Waals surface area contributed by atoms with E-state index in [-0.39, 0.29) is 0 Å². The smallest absolute Gasteiger partial charge is 0.0186 e. The largest absolute Gasteiger partial charge is 0.313 e. The van der Waals surface area contributed by atoms with E-state index in [1.165, 1.54) is 19.3 Å². The average Bonchev–Trinajstić information content (AvgIpc) is 2.10. The van der Waals surface area contributed by atoms with Crippen molar-refractivity contribution in [2.45, 2.75) is 52.1 Å². The van der Waals surface area contributed by atoms with E-state index >= 15 is 0 Å². The van der Waals surface area contributed by atoms with Gasteiger partial charge in [0, 0.05) is 18.6 Å². The van der Waals surface area contributed by atoms with E-state index in [0.717, 1.165) is 6.54 Å². The molecule has 0 rings (SSSR count). The molecule has 0 aromatic rings. The highest BCUT2D eigenvalue weighted by Gasteiger charge is 2.06. The molecule has 0 aliphatic heterocycles. The lowest BCUT2D eigenvalue weighted by molar-refractivity contribution is 0.292. The van der Waals surface area contributed by atoms with Crippen LogP contribution in [0.4, 0.5) is 0 Å². The average molecular weight is 186 g/mol. The van der Waals surface area contributed by atoms with Gasteiger partial charge in [-0.25, -0.2) is 0 Å². The van der Waals surface area contributed by atoms with Gasteiger partial charge >= 0.3 is 0 Å². The van der Waals surface area contributed by atoms with Crippen molar-refractivity contribution in [1.82, 2.24) is 10.2 Å². The van der Waals surface area contributed by atoms with E-state index in [9.17, 15) is 0 Å². The molecule has 0 fully saturated rings. The number of nitrogens with zero attached hydrogens (tertiary/aromatic N) is 1. The quantitative estimate of drug-likeness (QED) is 0.655. The number of rotatable bonds is 7. The van der Waals surface area contributed by atoms with E-state index in [2.05, 4.69) is 45.1 Å². The fourth-order valence-corrected chi connectivity index (χ4v) is 1.17. The number of hydrogen-bond acceptors (Lipinski definition) is 2. The van der Waals surface area contributed by atoms with Gasteiger partial charge in [0.25, 0.3) is 0 Å². The second-order valence-electron chi connectivity index (χ2n) is 4.26. The van der Waals surface area contributed by atoms with Gasteiger partial charge < -0.3 is 10.2 Å². The van der Waals surface area contributed by atoms with Crippen molar-refractivity contribution in [1.29, 1.82) is 0 Å². The monoisotopic (exact) mass is 186 g/mol. The number of likely N-dealkylation sites (N-methyl/N-ethyl adjacent to an activating group) is 1. The van der Waals surface area contributed by atoms with Crippen molar-refractivity contribution in [3.8, 4) is 0 Å². The Kier molecular flexibility index (Phi) is 7.29. The van der Waals surface area contributed by atoms with Gasteiger partial charge in [0.2, 0.25) is 0 Å². The van der Waals surface area contributed by atoms with Crippen molar-refractivity contribution in [3.05, 3.63) is 0 Å². The molecule has 0 aromatic heterocycles. The minimum Gasteiger partial charge on any atom is -0.313 e. The molecule has 13 heavy (non-hydrogen) atoms. The lowest BCUT2D eigenvalue weighted by Gasteiger charge is -2.22. The van der Waals surface area contributed by atoms with Crippen LogP contribution in [0, 0.1) is 0 Å². The van der Waals surface area contributed by atoms with E-state index in [1.807, 2.05) is 0 Å². The molecule has 80 valence electrons. The van der Waals surface area contributed by atoms with Crippen molar-refractivity contribution in [2.24, 2.45) is 0 Å². The predicted molar refractivity (Wildman–Crippen MR) is 60.1 cm³/mol. The van der Waals surface area contributed by atoms with Crippen molar-refractivity contribution < 1.29 is 0 Å². The molecule has 0 saturated carbocycles. The maximum absolute atomic E-state index is 3.56. The molecule has 0 amide bonds. The lowest BCUT2D eigenvalue weighted by Crippen LogP contribution is -2.39. The summed E-state index contributed by atoms with van der Waals surface area (Å²) in [5.74, 6) is 0. The summed E-state index contributed by atoms with van der Waals surface area (Å²) in [4.78, 5) is 2.25. The molecule has 0 saturated heterocycles.